The summed E-state index contributed by atoms with van der Waals surface area (Å²) in [7, 11) is 1.61. The third kappa shape index (κ3) is 5.37. The van der Waals surface area contributed by atoms with Gasteiger partial charge in [0.05, 0.1) is 13.7 Å². The van der Waals surface area contributed by atoms with E-state index in [1.165, 1.54) is 0 Å². The molecule has 0 aromatic heterocycles. The van der Waals surface area contributed by atoms with Crippen LogP contribution in [0.15, 0.2) is 48.6 Å². The van der Waals surface area contributed by atoms with Crippen molar-refractivity contribution in [2.75, 3.05) is 13.7 Å². The third-order valence-electron chi connectivity index (χ3n) is 6.32. The number of rotatable bonds is 8. The van der Waals surface area contributed by atoms with Crippen molar-refractivity contribution in [2.24, 2.45) is 23.7 Å². The molecule has 3 rings (SSSR count). The standard InChI is InChI=1S/C25H32O4/c1-3-29-25(27)22(17-21-11-7-8-12-23(21)28-2)24(26)20-15-13-19(14-16-20)18-9-5-4-6-10-18/h4-9,11-12,18-20,22H,3,10,13-17H2,1-2H3. The molecule has 0 heterocycles. The molecule has 156 valence electrons. The molecule has 29 heavy (non-hydrogen) atoms. The molecule has 1 fully saturated rings. The van der Waals surface area contributed by atoms with Crippen molar-refractivity contribution in [3.63, 3.8) is 0 Å². The molecule has 0 radical (unpaired) electrons. The zero-order valence-corrected chi connectivity index (χ0v) is 17.5. The first-order chi connectivity index (χ1) is 14.1. The summed E-state index contributed by atoms with van der Waals surface area (Å²) < 4.78 is 10.7. The van der Waals surface area contributed by atoms with Crippen LogP contribution in [0.2, 0.25) is 0 Å². The predicted molar refractivity (Wildman–Crippen MR) is 114 cm³/mol. The van der Waals surface area contributed by atoms with E-state index in [2.05, 4.69) is 24.3 Å². The smallest absolute Gasteiger partial charge is 0.316 e. The Morgan fingerprint density at radius 2 is 1.86 bits per heavy atom. The second-order valence-electron chi connectivity index (χ2n) is 8.05. The number of esters is 1. The average Bonchev–Trinajstić information content (AvgIpc) is 2.78. The molecule has 0 spiro atoms. The molecule has 0 saturated heterocycles. The Morgan fingerprint density at radius 3 is 2.52 bits per heavy atom. The van der Waals surface area contributed by atoms with Crippen LogP contribution in [0.25, 0.3) is 0 Å². The number of carbonyl (C=O) groups is 2. The van der Waals surface area contributed by atoms with Crippen molar-refractivity contribution in [3.8, 4) is 5.75 Å². The number of ketones is 1. The number of hydrogen-bond acceptors (Lipinski definition) is 4. The Hall–Kier alpha value is -2.36. The van der Waals surface area contributed by atoms with Crippen LogP contribution in [0.3, 0.4) is 0 Å². The minimum atomic E-state index is -0.759. The summed E-state index contributed by atoms with van der Waals surface area (Å²) in [6.45, 7) is 2.06. The lowest BCUT2D eigenvalue weighted by Gasteiger charge is -2.33. The van der Waals surface area contributed by atoms with Gasteiger partial charge in [0, 0.05) is 5.92 Å². The Morgan fingerprint density at radius 1 is 1.10 bits per heavy atom. The molecule has 0 aliphatic heterocycles. The number of methoxy groups -OCH3 is 1. The minimum absolute atomic E-state index is 0.0342. The summed E-state index contributed by atoms with van der Waals surface area (Å²) in [4.78, 5) is 26.0. The molecule has 2 aliphatic rings. The molecule has 0 amide bonds. The van der Waals surface area contributed by atoms with Crippen LogP contribution in [-0.2, 0) is 20.7 Å². The molecular formula is C25H32O4. The Bertz CT molecular complexity index is 756. The molecule has 4 heteroatoms. The first kappa shape index (κ1) is 21.4. The maximum atomic E-state index is 13.3. The Kier molecular flexibility index (Phi) is 7.68. The van der Waals surface area contributed by atoms with Crippen LogP contribution in [0, 0.1) is 23.7 Å². The lowest BCUT2D eigenvalue weighted by Crippen LogP contribution is -2.35. The maximum Gasteiger partial charge on any atom is 0.316 e. The molecule has 0 bridgehead atoms. The highest BCUT2D eigenvalue weighted by atomic mass is 16.5. The van der Waals surface area contributed by atoms with Gasteiger partial charge in [0.25, 0.3) is 0 Å². The van der Waals surface area contributed by atoms with Gasteiger partial charge in [-0.05, 0) is 68.9 Å². The van der Waals surface area contributed by atoms with E-state index in [1.807, 2.05) is 24.3 Å². The van der Waals surface area contributed by atoms with Gasteiger partial charge < -0.3 is 9.47 Å². The highest BCUT2D eigenvalue weighted by molar-refractivity contribution is 6.00. The lowest BCUT2D eigenvalue weighted by atomic mass is 9.71. The highest BCUT2D eigenvalue weighted by Crippen LogP contribution is 2.38. The molecule has 1 aromatic rings. The van der Waals surface area contributed by atoms with Gasteiger partial charge in [-0.25, -0.2) is 0 Å². The quantitative estimate of drug-likeness (QED) is 0.462. The van der Waals surface area contributed by atoms with Crippen LogP contribution in [-0.4, -0.2) is 25.5 Å². The molecule has 4 nitrogen and oxygen atoms in total. The average molecular weight is 397 g/mol. The Labute approximate surface area is 174 Å². The number of hydrogen-bond donors (Lipinski definition) is 0. The van der Waals surface area contributed by atoms with Gasteiger partial charge in [0.2, 0.25) is 0 Å². The van der Waals surface area contributed by atoms with Crippen molar-refractivity contribution in [1.29, 1.82) is 0 Å². The van der Waals surface area contributed by atoms with Crippen molar-refractivity contribution < 1.29 is 19.1 Å². The number of benzene rings is 1. The van der Waals surface area contributed by atoms with E-state index in [4.69, 9.17) is 9.47 Å². The fourth-order valence-corrected chi connectivity index (χ4v) is 4.70. The normalized spacial score (nSPS) is 24.7. The van der Waals surface area contributed by atoms with Crippen LogP contribution < -0.4 is 4.74 Å². The van der Waals surface area contributed by atoms with E-state index in [9.17, 15) is 9.59 Å². The van der Waals surface area contributed by atoms with Gasteiger partial charge in [0.1, 0.15) is 11.7 Å². The van der Waals surface area contributed by atoms with Gasteiger partial charge in [-0.15, -0.1) is 0 Å². The fraction of sp³-hybridized carbons (Fsp3) is 0.520. The van der Waals surface area contributed by atoms with E-state index in [1.54, 1.807) is 14.0 Å². The van der Waals surface area contributed by atoms with Crippen molar-refractivity contribution in [2.45, 2.75) is 45.4 Å². The molecule has 1 saturated carbocycles. The van der Waals surface area contributed by atoms with E-state index >= 15 is 0 Å². The second kappa shape index (κ2) is 10.4. The molecule has 2 atom stereocenters. The van der Waals surface area contributed by atoms with Gasteiger partial charge in [-0.3, -0.25) is 9.59 Å². The van der Waals surface area contributed by atoms with Crippen molar-refractivity contribution in [1.82, 2.24) is 0 Å². The summed E-state index contributed by atoms with van der Waals surface area (Å²) in [6.07, 6.45) is 14.0. The molecule has 0 N–H and O–H groups in total. The van der Waals surface area contributed by atoms with Crippen LogP contribution >= 0.6 is 0 Å². The monoisotopic (exact) mass is 396 g/mol. The summed E-state index contributed by atoms with van der Waals surface area (Å²) >= 11 is 0. The molecule has 1 aromatic carbocycles. The Balaban J connectivity index is 1.67. The summed E-state index contributed by atoms with van der Waals surface area (Å²) in [5.41, 5.74) is 0.870. The van der Waals surface area contributed by atoms with Crippen LogP contribution in [0.4, 0.5) is 0 Å². The van der Waals surface area contributed by atoms with Crippen LogP contribution in [0.1, 0.15) is 44.6 Å². The van der Waals surface area contributed by atoms with E-state index in [-0.39, 0.29) is 18.3 Å². The van der Waals surface area contributed by atoms with E-state index in [0.717, 1.165) is 37.7 Å². The van der Waals surface area contributed by atoms with Crippen molar-refractivity contribution >= 4 is 11.8 Å². The number of ether oxygens (including phenoxy) is 2. The number of para-hydroxylation sites is 1. The largest absolute Gasteiger partial charge is 0.496 e. The summed E-state index contributed by atoms with van der Waals surface area (Å²) in [5, 5.41) is 0. The molecular weight excluding hydrogens is 364 g/mol. The highest BCUT2D eigenvalue weighted by Gasteiger charge is 2.37. The predicted octanol–water partition coefficient (Wildman–Crippen LogP) is 4.92. The second-order valence-corrected chi connectivity index (χ2v) is 8.05. The van der Waals surface area contributed by atoms with E-state index < -0.39 is 11.9 Å². The first-order valence-electron chi connectivity index (χ1n) is 10.8. The zero-order chi connectivity index (χ0) is 20.6. The number of allylic oxidation sites excluding steroid dienone is 4. The molecule has 2 aliphatic carbocycles. The number of Topliss-reactive ketones (excluding diaryl/α,β-unsaturated/α-hetero) is 1. The SMILES string of the molecule is CCOC(=O)C(Cc1ccccc1OC)C(=O)C1CCC(C2C=CC=CC2)CC1. The van der Waals surface area contributed by atoms with Crippen LogP contribution in [0.5, 0.6) is 5.75 Å². The zero-order valence-electron chi connectivity index (χ0n) is 17.5. The van der Waals surface area contributed by atoms with Gasteiger partial charge in [0.15, 0.2) is 5.78 Å². The van der Waals surface area contributed by atoms with Gasteiger partial charge in [-0.1, -0.05) is 42.5 Å². The lowest BCUT2D eigenvalue weighted by molar-refractivity contribution is -0.153. The third-order valence-corrected chi connectivity index (χ3v) is 6.32. The topological polar surface area (TPSA) is 52.6 Å². The number of carbonyl (C=O) groups excluding carboxylic acids is 2. The van der Waals surface area contributed by atoms with E-state index in [0.29, 0.717) is 24.0 Å². The summed E-state index contributed by atoms with van der Waals surface area (Å²) in [6, 6.07) is 7.57. The molecule has 2 unspecified atom stereocenters. The van der Waals surface area contributed by atoms with Gasteiger partial charge in [-0.2, -0.15) is 0 Å². The minimum Gasteiger partial charge on any atom is -0.496 e. The van der Waals surface area contributed by atoms with Crippen molar-refractivity contribution in [3.05, 3.63) is 54.1 Å². The first-order valence-corrected chi connectivity index (χ1v) is 10.8. The summed E-state index contributed by atoms with van der Waals surface area (Å²) in [5.74, 6) is 0.734. The maximum absolute atomic E-state index is 13.3. The fourth-order valence-electron chi connectivity index (χ4n) is 4.70. The van der Waals surface area contributed by atoms with Gasteiger partial charge >= 0.3 is 5.97 Å².